The summed E-state index contributed by atoms with van der Waals surface area (Å²) in [6, 6.07) is 1.92. The Kier molecular flexibility index (Phi) is 2.05. The minimum atomic E-state index is 0.783. The topological polar surface area (TPSA) is 30.2 Å². The standard InChI is InChI=1S/C9H6ClN3S2/c1-5-12-13-3-7(11-9(13)15-5)6-2-8(10)14-4-6/h2-4H,1H3. The van der Waals surface area contributed by atoms with E-state index in [-0.39, 0.29) is 0 Å². The van der Waals surface area contributed by atoms with Gasteiger partial charge in [0, 0.05) is 10.9 Å². The molecule has 0 bridgehead atoms. The molecule has 0 saturated heterocycles. The molecule has 3 heterocycles. The van der Waals surface area contributed by atoms with Gasteiger partial charge in [0.05, 0.1) is 16.2 Å². The Hall–Kier alpha value is -0.910. The summed E-state index contributed by atoms with van der Waals surface area (Å²) in [6.45, 7) is 1.97. The monoisotopic (exact) mass is 255 g/mol. The minimum absolute atomic E-state index is 0.783. The second-order valence-electron chi connectivity index (χ2n) is 3.11. The zero-order chi connectivity index (χ0) is 10.4. The molecule has 0 aromatic carbocycles. The molecule has 0 unspecified atom stereocenters. The summed E-state index contributed by atoms with van der Waals surface area (Å²) in [7, 11) is 0. The lowest BCUT2D eigenvalue weighted by molar-refractivity contribution is 0.946. The van der Waals surface area contributed by atoms with Crippen LogP contribution < -0.4 is 0 Å². The number of hydrogen-bond acceptors (Lipinski definition) is 4. The molecule has 3 aromatic heterocycles. The summed E-state index contributed by atoms with van der Waals surface area (Å²) in [5.41, 5.74) is 1.98. The van der Waals surface area contributed by atoms with Gasteiger partial charge in [-0.25, -0.2) is 9.50 Å². The molecule has 0 N–H and O–H groups in total. The molecule has 0 fully saturated rings. The Morgan fingerprint density at radius 3 is 3.00 bits per heavy atom. The molecule has 0 atom stereocenters. The lowest BCUT2D eigenvalue weighted by Crippen LogP contribution is -1.79. The quantitative estimate of drug-likeness (QED) is 0.666. The van der Waals surface area contributed by atoms with Crippen LogP contribution in [-0.2, 0) is 0 Å². The summed E-state index contributed by atoms with van der Waals surface area (Å²) >= 11 is 8.98. The molecular formula is C9H6ClN3S2. The number of halogens is 1. The van der Waals surface area contributed by atoms with Crippen LogP contribution in [0.4, 0.5) is 0 Å². The molecule has 76 valence electrons. The summed E-state index contributed by atoms with van der Waals surface area (Å²) in [4.78, 5) is 5.41. The Morgan fingerprint density at radius 2 is 2.33 bits per heavy atom. The Bertz CT molecular complexity index is 591. The van der Waals surface area contributed by atoms with Crippen LogP contribution in [0, 0.1) is 6.92 Å². The third-order valence-electron chi connectivity index (χ3n) is 2.01. The lowest BCUT2D eigenvalue weighted by Gasteiger charge is -1.85. The third-order valence-corrected chi connectivity index (χ3v) is 3.94. The third kappa shape index (κ3) is 1.56. The van der Waals surface area contributed by atoms with Gasteiger partial charge in [0.2, 0.25) is 4.96 Å². The number of aromatic nitrogens is 3. The molecule has 15 heavy (non-hydrogen) atoms. The highest BCUT2D eigenvalue weighted by molar-refractivity contribution is 7.16. The van der Waals surface area contributed by atoms with Crippen molar-refractivity contribution in [3.8, 4) is 11.3 Å². The summed E-state index contributed by atoms with van der Waals surface area (Å²) in [6.07, 6.45) is 1.93. The van der Waals surface area contributed by atoms with Gasteiger partial charge in [0.15, 0.2) is 0 Å². The molecule has 0 saturated carbocycles. The van der Waals surface area contributed by atoms with Gasteiger partial charge in [0.25, 0.3) is 0 Å². The second-order valence-corrected chi connectivity index (χ2v) is 5.82. The highest BCUT2D eigenvalue weighted by Gasteiger charge is 2.08. The van der Waals surface area contributed by atoms with E-state index in [0.717, 1.165) is 25.6 Å². The summed E-state index contributed by atoms with van der Waals surface area (Å²) in [5, 5.41) is 7.33. The van der Waals surface area contributed by atoms with Crippen molar-refractivity contribution >= 4 is 39.2 Å². The Morgan fingerprint density at radius 1 is 1.47 bits per heavy atom. The van der Waals surface area contributed by atoms with Crippen LogP contribution in [0.15, 0.2) is 17.6 Å². The van der Waals surface area contributed by atoms with Crippen LogP contribution >= 0.6 is 34.3 Å². The van der Waals surface area contributed by atoms with Crippen LogP contribution in [-0.4, -0.2) is 14.6 Å². The molecule has 3 nitrogen and oxygen atoms in total. The van der Waals surface area contributed by atoms with Crippen molar-refractivity contribution in [3.63, 3.8) is 0 Å². The molecule has 3 aromatic rings. The van der Waals surface area contributed by atoms with E-state index in [9.17, 15) is 0 Å². The zero-order valence-electron chi connectivity index (χ0n) is 7.77. The van der Waals surface area contributed by atoms with Crippen molar-refractivity contribution in [1.29, 1.82) is 0 Å². The van der Waals surface area contributed by atoms with Gasteiger partial charge < -0.3 is 0 Å². The molecule has 0 aliphatic carbocycles. The molecule has 0 amide bonds. The van der Waals surface area contributed by atoms with Crippen LogP contribution in [0.5, 0.6) is 0 Å². The van der Waals surface area contributed by atoms with Gasteiger partial charge >= 0.3 is 0 Å². The fourth-order valence-corrected chi connectivity index (χ4v) is 2.98. The van der Waals surface area contributed by atoms with Crippen molar-refractivity contribution in [2.75, 3.05) is 0 Å². The van der Waals surface area contributed by atoms with Gasteiger partial charge in [-0.05, 0) is 13.0 Å². The van der Waals surface area contributed by atoms with E-state index in [1.165, 1.54) is 11.3 Å². The van der Waals surface area contributed by atoms with Crippen LogP contribution in [0.25, 0.3) is 16.2 Å². The number of imidazole rings is 1. The van der Waals surface area contributed by atoms with E-state index in [0.29, 0.717) is 0 Å². The summed E-state index contributed by atoms with van der Waals surface area (Å²) < 4.78 is 2.59. The van der Waals surface area contributed by atoms with Gasteiger partial charge in [-0.15, -0.1) is 11.3 Å². The molecule has 0 aliphatic heterocycles. The SMILES string of the molecule is Cc1nn2cc(-c3csc(Cl)c3)nc2s1. The number of thiophene rings is 1. The fraction of sp³-hybridized carbons (Fsp3) is 0.111. The maximum absolute atomic E-state index is 5.88. The Labute approximate surface area is 99.0 Å². The van der Waals surface area contributed by atoms with Crippen molar-refractivity contribution in [1.82, 2.24) is 14.6 Å². The van der Waals surface area contributed by atoms with Gasteiger partial charge in [-0.2, -0.15) is 5.10 Å². The maximum Gasteiger partial charge on any atom is 0.212 e. The van der Waals surface area contributed by atoms with E-state index in [2.05, 4.69) is 10.1 Å². The number of fused-ring (bicyclic) bond motifs is 1. The van der Waals surface area contributed by atoms with Crippen molar-refractivity contribution in [2.24, 2.45) is 0 Å². The smallest absolute Gasteiger partial charge is 0.212 e. The first-order chi connectivity index (χ1) is 7.22. The van der Waals surface area contributed by atoms with Gasteiger partial charge in [0.1, 0.15) is 5.01 Å². The molecular weight excluding hydrogens is 250 g/mol. The number of nitrogens with zero attached hydrogens (tertiary/aromatic N) is 3. The normalized spacial score (nSPS) is 11.3. The molecule has 0 aliphatic rings. The number of rotatable bonds is 1. The van der Waals surface area contributed by atoms with Crippen LogP contribution in [0.1, 0.15) is 5.01 Å². The fourth-order valence-electron chi connectivity index (χ4n) is 1.38. The van der Waals surface area contributed by atoms with E-state index < -0.39 is 0 Å². The van der Waals surface area contributed by atoms with Gasteiger partial charge in [-0.3, -0.25) is 0 Å². The highest BCUT2D eigenvalue weighted by atomic mass is 35.5. The number of hydrogen-bond donors (Lipinski definition) is 0. The average molecular weight is 256 g/mol. The molecule has 3 rings (SSSR count). The lowest BCUT2D eigenvalue weighted by atomic mass is 10.3. The zero-order valence-corrected chi connectivity index (χ0v) is 10.2. The highest BCUT2D eigenvalue weighted by Crippen LogP contribution is 2.28. The predicted molar refractivity (Wildman–Crippen MR) is 63.9 cm³/mol. The van der Waals surface area contributed by atoms with Crippen molar-refractivity contribution in [2.45, 2.75) is 6.92 Å². The number of aryl methyl sites for hydroxylation is 1. The van der Waals surface area contributed by atoms with Crippen LogP contribution in [0.3, 0.4) is 0 Å². The van der Waals surface area contributed by atoms with E-state index in [1.807, 2.05) is 24.6 Å². The summed E-state index contributed by atoms with van der Waals surface area (Å²) in [5.74, 6) is 0. The molecule has 0 radical (unpaired) electrons. The first kappa shape index (κ1) is 9.33. The van der Waals surface area contributed by atoms with Crippen molar-refractivity contribution < 1.29 is 0 Å². The predicted octanol–water partition coefficient (Wildman–Crippen LogP) is 3.48. The van der Waals surface area contributed by atoms with E-state index in [1.54, 1.807) is 15.9 Å². The average Bonchev–Trinajstić information content (AvgIpc) is 2.78. The second kappa shape index (κ2) is 3.30. The van der Waals surface area contributed by atoms with Crippen LogP contribution in [0.2, 0.25) is 4.34 Å². The van der Waals surface area contributed by atoms with Gasteiger partial charge in [-0.1, -0.05) is 22.9 Å². The largest absolute Gasteiger partial charge is 0.217 e. The van der Waals surface area contributed by atoms with E-state index >= 15 is 0 Å². The maximum atomic E-state index is 5.88. The first-order valence-corrected chi connectivity index (χ1v) is 6.37. The van der Waals surface area contributed by atoms with Crippen molar-refractivity contribution in [3.05, 3.63) is 27.0 Å². The molecule has 6 heteroatoms. The Balaban J connectivity index is 2.15. The first-order valence-electron chi connectivity index (χ1n) is 4.29. The van der Waals surface area contributed by atoms with E-state index in [4.69, 9.17) is 11.6 Å². The minimum Gasteiger partial charge on any atom is -0.217 e. The molecule has 0 spiro atoms.